The lowest BCUT2D eigenvalue weighted by molar-refractivity contribution is -0.212. The summed E-state index contributed by atoms with van der Waals surface area (Å²) in [5, 5.41) is 10.6. The van der Waals surface area contributed by atoms with E-state index in [-0.39, 0.29) is 17.8 Å². The van der Waals surface area contributed by atoms with Gasteiger partial charge in [0, 0.05) is 6.61 Å². The summed E-state index contributed by atoms with van der Waals surface area (Å²) in [6.45, 7) is 5.90. The van der Waals surface area contributed by atoms with E-state index in [1.165, 1.54) is 64.2 Å². The first-order valence-electron chi connectivity index (χ1n) is 12.0. The first kappa shape index (κ1) is 18.9. The van der Waals surface area contributed by atoms with Gasteiger partial charge in [-0.15, -0.1) is 0 Å². The number of aliphatic hydroxyl groups is 1. The van der Waals surface area contributed by atoms with Crippen molar-refractivity contribution in [1.82, 2.24) is 0 Å². The van der Waals surface area contributed by atoms with E-state index < -0.39 is 0 Å². The topological polar surface area (TPSA) is 38.7 Å². The standard InChI is InChI=1S/C24H40O3/c1-23-12-10-17(27-22-5-3-4-14-26-22)15-16(23)6-7-18-19-8-9-21(25)24(19,2)13-11-20(18)23/h16-22,25H,3-15H2,1-2H3/t16-,17-,18-,19+,20-,21+,22-,23+,24+/m1/s1. The number of hydrogen-bond acceptors (Lipinski definition) is 3. The van der Waals surface area contributed by atoms with Gasteiger partial charge < -0.3 is 14.6 Å². The second kappa shape index (κ2) is 6.99. The fraction of sp³-hybridized carbons (Fsp3) is 1.00. The predicted octanol–water partition coefficient (Wildman–Crippen LogP) is 5.30. The van der Waals surface area contributed by atoms with Gasteiger partial charge in [-0.2, -0.15) is 0 Å². The van der Waals surface area contributed by atoms with Gasteiger partial charge in [-0.1, -0.05) is 13.8 Å². The Morgan fingerprint density at radius 3 is 2.48 bits per heavy atom. The summed E-state index contributed by atoms with van der Waals surface area (Å²) in [6.07, 6.45) is 15.5. The largest absolute Gasteiger partial charge is 0.393 e. The van der Waals surface area contributed by atoms with Crippen LogP contribution < -0.4 is 0 Å². The normalized spacial score (nSPS) is 55.4. The molecule has 5 rings (SSSR count). The van der Waals surface area contributed by atoms with E-state index in [2.05, 4.69) is 13.8 Å². The van der Waals surface area contributed by atoms with Crippen LogP contribution in [0.2, 0.25) is 0 Å². The van der Waals surface area contributed by atoms with Crippen molar-refractivity contribution >= 4 is 0 Å². The Morgan fingerprint density at radius 2 is 1.67 bits per heavy atom. The third-order valence-corrected chi connectivity index (χ3v) is 10.0. The SMILES string of the molecule is C[C@]12CC[C@@H](O[C@@H]3CCCCO3)C[C@H]1CC[C@H]1[C@H]2CC[C@]2(C)[C@@H](O)CC[C@@H]12. The molecule has 154 valence electrons. The average Bonchev–Trinajstić information content (AvgIpc) is 2.98. The van der Waals surface area contributed by atoms with Crippen LogP contribution >= 0.6 is 0 Å². The highest BCUT2D eigenvalue weighted by Crippen LogP contribution is 2.66. The van der Waals surface area contributed by atoms with E-state index >= 15 is 0 Å². The Hall–Kier alpha value is -0.120. The molecular weight excluding hydrogens is 336 g/mol. The molecule has 4 aliphatic carbocycles. The highest BCUT2D eigenvalue weighted by atomic mass is 16.7. The molecule has 3 nitrogen and oxygen atoms in total. The first-order chi connectivity index (χ1) is 13.0. The van der Waals surface area contributed by atoms with Crippen LogP contribution in [0.1, 0.15) is 90.9 Å². The highest BCUT2D eigenvalue weighted by Gasteiger charge is 2.60. The zero-order valence-electron chi connectivity index (χ0n) is 17.5. The third kappa shape index (κ3) is 3.02. The van der Waals surface area contributed by atoms with E-state index in [1.807, 2.05) is 0 Å². The maximum atomic E-state index is 10.6. The molecule has 1 N–H and O–H groups in total. The molecule has 1 heterocycles. The zero-order valence-corrected chi connectivity index (χ0v) is 17.5. The minimum absolute atomic E-state index is 0.0476. The number of fused-ring (bicyclic) bond motifs is 5. The van der Waals surface area contributed by atoms with Crippen molar-refractivity contribution in [3.8, 4) is 0 Å². The monoisotopic (exact) mass is 376 g/mol. The molecule has 1 saturated heterocycles. The lowest BCUT2D eigenvalue weighted by atomic mass is 9.45. The summed E-state index contributed by atoms with van der Waals surface area (Å²) in [7, 11) is 0. The molecule has 9 atom stereocenters. The summed E-state index contributed by atoms with van der Waals surface area (Å²) >= 11 is 0. The van der Waals surface area contributed by atoms with Crippen molar-refractivity contribution in [3.63, 3.8) is 0 Å². The molecule has 0 radical (unpaired) electrons. The number of rotatable bonds is 2. The molecule has 5 aliphatic rings. The maximum Gasteiger partial charge on any atom is 0.157 e. The second-order valence-electron chi connectivity index (χ2n) is 11.1. The molecule has 4 saturated carbocycles. The van der Waals surface area contributed by atoms with Crippen molar-refractivity contribution in [2.75, 3.05) is 6.61 Å². The minimum atomic E-state index is -0.0476. The van der Waals surface area contributed by atoms with Gasteiger partial charge in [-0.05, 0) is 112 Å². The van der Waals surface area contributed by atoms with Gasteiger partial charge in [0.1, 0.15) is 0 Å². The molecule has 0 spiro atoms. The van der Waals surface area contributed by atoms with Crippen molar-refractivity contribution in [1.29, 1.82) is 0 Å². The summed E-state index contributed by atoms with van der Waals surface area (Å²) in [5.74, 6) is 3.35. The van der Waals surface area contributed by atoms with Gasteiger partial charge in [-0.3, -0.25) is 0 Å². The summed E-state index contributed by atoms with van der Waals surface area (Å²) in [6, 6.07) is 0. The van der Waals surface area contributed by atoms with Crippen LogP contribution in [-0.4, -0.2) is 30.2 Å². The number of hydrogen-bond donors (Lipinski definition) is 1. The Morgan fingerprint density at radius 1 is 0.852 bits per heavy atom. The van der Waals surface area contributed by atoms with Crippen molar-refractivity contribution in [2.24, 2.45) is 34.5 Å². The number of ether oxygens (including phenoxy) is 2. The van der Waals surface area contributed by atoms with Crippen LogP contribution in [0.4, 0.5) is 0 Å². The molecule has 0 aromatic heterocycles. The zero-order chi connectivity index (χ0) is 18.6. The Labute approximate surface area is 165 Å². The lowest BCUT2D eigenvalue weighted by Gasteiger charge is -2.61. The van der Waals surface area contributed by atoms with Crippen molar-refractivity contribution in [3.05, 3.63) is 0 Å². The summed E-state index contributed by atoms with van der Waals surface area (Å²) in [4.78, 5) is 0. The van der Waals surface area contributed by atoms with E-state index in [1.54, 1.807) is 0 Å². The molecule has 0 unspecified atom stereocenters. The molecule has 3 heteroatoms. The predicted molar refractivity (Wildman–Crippen MR) is 106 cm³/mol. The molecular formula is C24H40O3. The van der Waals surface area contributed by atoms with Gasteiger partial charge in [-0.25, -0.2) is 0 Å². The van der Waals surface area contributed by atoms with Crippen LogP contribution in [0.25, 0.3) is 0 Å². The summed E-state index contributed by atoms with van der Waals surface area (Å²) < 4.78 is 12.3. The number of aliphatic hydroxyl groups excluding tert-OH is 1. The van der Waals surface area contributed by atoms with E-state index in [0.717, 1.165) is 43.1 Å². The average molecular weight is 377 g/mol. The van der Waals surface area contributed by atoms with Crippen LogP contribution in [0, 0.1) is 34.5 Å². The van der Waals surface area contributed by atoms with Crippen LogP contribution in [0.15, 0.2) is 0 Å². The van der Waals surface area contributed by atoms with E-state index in [0.29, 0.717) is 11.5 Å². The van der Waals surface area contributed by atoms with Crippen LogP contribution in [0.3, 0.4) is 0 Å². The third-order valence-electron chi connectivity index (χ3n) is 10.0. The van der Waals surface area contributed by atoms with Gasteiger partial charge >= 0.3 is 0 Å². The Kier molecular flexibility index (Phi) is 4.89. The maximum absolute atomic E-state index is 10.6. The minimum Gasteiger partial charge on any atom is -0.393 e. The molecule has 0 amide bonds. The van der Waals surface area contributed by atoms with Crippen LogP contribution in [-0.2, 0) is 9.47 Å². The second-order valence-corrected chi connectivity index (χ2v) is 11.1. The molecule has 27 heavy (non-hydrogen) atoms. The Balaban J connectivity index is 1.27. The smallest absolute Gasteiger partial charge is 0.157 e. The Bertz CT molecular complexity index is 544. The fourth-order valence-electron chi connectivity index (χ4n) is 8.35. The van der Waals surface area contributed by atoms with Crippen molar-refractivity contribution in [2.45, 2.75) is 109 Å². The van der Waals surface area contributed by atoms with Gasteiger partial charge in [0.05, 0.1) is 12.2 Å². The first-order valence-corrected chi connectivity index (χ1v) is 12.0. The molecule has 0 aromatic carbocycles. The lowest BCUT2D eigenvalue weighted by Crippen LogP contribution is -2.54. The fourth-order valence-corrected chi connectivity index (χ4v) is 8.35. The van der Waals surface area contributed by atoms with E-state index in [4.69, 9.17) is 9.47 Å². The molecule has 0 aromatic rings. The van der Waals surface area contributed by atoms with Gasteiger partial charge in [0.25, 0.3) is 0 Å². The van der Waals surface area contributed by atoms with Gasteiger partial charge in [0.15, 0.2) is 6.29 Å². The molecule has 0 bridgehead atoms. The highest BCUT2D eigenvalue weighted by molar-refractivity contribution is 5.09. The van der Waals surface area contributed by atoms with Crippen molar-refractivity contribution < 1.29 is 14.6 Å². The molecule has 1 aliphatic heterocycles. The molecule has 5 fully saturated rings. The quantitative estimate of drug-likeness (QED) is 0.665. The van der Waals surface area contributed by atoms with Crippen LogP contribution in [0.5, 0.6) is 0 Å². The van der Waals surface area contributed by atoms with Gasteiger partial charge in [0.2, 0.25) is 0 Å². The van der Waals surface area contributed by atoms with E-state index in [9.17, 15) is 5.11 Å². The summed E-state index contributed by atoms with van der Waals surface area (Å²) in [5.41, 5.74) is 0.716.